The summed E-state index contributed by atoms with van der Waals surface area (Å²) < 4.78 is 0. The first-order valence-corrected chi connectivity index (χ1v) is 6.23. The fourth-order valence-electron chi connectivity index (χ4n) is 1.77. The molecule has 0 amide bonds. The van der Waals surface area contributed by atoms with E-state index < -0.39 is 0 Å². The summed E-state index contributed by atoms with van der Waals surface area (Å²) in [5.41, 5.74) is 2.78. The van der Waals surface area contributed by atoms with Crippen LogP contribution in [0.2, 0.25) is 0 Å². The Morgan fingerprint density at radius 3 is 2.53 bits per heavy atom. The summed E-state index contributed by atoms with van der Waals surface area (Å²) >= 11 is 0. The van der Waals surface area contributed by atoms with Crippen LogP contribution >= 0.6 is 0 Å². The van der Waals surface area contributed by atoms with Gasteiger partial charge in [-0.3, -0.25) is 4.90 Å². The molecule has 0 aromatic heterocycles. The number of hydrogen-bond acceptors (Lipinski definition) is 2. The van der Waals surface area contributed by atoms with E-state index in [4.69, 9.17) is 0 Å². The molecular formula is C15H24N2. The summed E-state index contributed by atoms with van der Waals surface area (Å²) in [5.74, 6) is 0. The van der Waals surface area contributed by atoms with E-state index in [2.05, 4.69) is 62.0 Å². The average molecular weight is 232 g/mol. The first kappa shape index (κ1) is 13.9. The molecule has 1 rings (SSSR count). The summed E-state index contributed by atoms with van der Waals surface area (Å²) in [6, 6.07) is 9.14. The maximum Gasteiger partial charge on any atom is 0.0237 e. The molecule has 2 nitrogen and oxygen atoms in total. The molecule has 0 atom stereocenters. The van der Waals surface area contributed by atoms with Gasteiger partial charge in [0, 0.05) is 25.7 Å². The lowest BCUT2D eigenvalue weighted by atomic mass is 10.1. The van der Waals surface area contributed by atoms with Crippen molar-refractivity contribution in [2.75, 3.05) is 13.6 Å². The minimum atomic E-state index is 0.522. The van der Waals surface area contributed by atoms with Crippen LogP contribution in [0.15, 0.2) is 36.9 Å². The average Bonchev–Trinajstić information content (AvgIpc) is 2.28. The van der Waals surface area contributed by atoms with Crippen LogP contribution in [0.4, 0.5) is 0 Å². The zero-order valence-electron chi connectivity index (χ0n) is 11.2. The molecule has 0 saturated carbocycles. The summed E-state index contributed by atoms with van der Waals surface area (Å²) in [5, 5.41) is 3.47. The van der Waals surface area contributed by atoms with Crippen molar-refractivity contribution in [3.05, 3.63) is 48.0 Å². The highest BCUT2D eigenvalue weighted by molar-refractivity contribution is 5.27. The Morgan fingerprint density at radius 2 is 1.94 bits per heavy atom. The van der Waals surface area contributed by atoms with Gasteiger partial charge < -0.3 is 5.32 Å². The van der Waals surface area contributed by atoms with Crippen LogP contribution in [-0.2, 0) is 13.1 Å². The lowest BCUT2D eigenvalue weighted by Crippen LogP contribution is -2.24. The van der Waals surface area contributed by atoms with Crippen molar-refractivity contribution >= 4 is 0 Å². The van der Waals surface area contributed by atoms with E-state index >= 15 is 0 Å². The molecule has 1 N–H and O–H groups in total. The summed E-state index contributed by atoms with van der Waals surface area (Å²) in [7, 11) is 2.12. The number of nitrogens with one attached hydrogen (secondary N) is 1. The van der Waals surface area contributed by atoms with Gasteiger partial charge in [0.2, 0.25) is 0 Å². The first-order valence-electron chi connectivity index (χ1n) is 6.23. The summed E-state index contributed by atoms with van der Waals surface area (Å²) in [6.07, 6.45) is 1.94. The second kappa shape index (κ2) is 7.25. The Morgan fingerprint density at radius 1 is 1.29 bits per heavy atom. The Labute approximate surface area is 105 Å². The van der Waals surface area contributed by atoms with Crippen LogP contribution in [0.3, 0.4) is 0 Å². The van der Waals surface area contributed by atoms with E-state index in [1.165, 1.54) is 11.1 Å². The second-order valence-corrected chi connectivity index (χ2v) is 4.79. The van der Waals surface area contributed by atoms with Crippen molar-refractivity contribution in [2.45, 2.75) is 33.0 Å². The van der Waals surface area contributed by atoms with Crippen LogP contribution in [0.1, 0.15) is 25.0 Å². The minimum absolute atomic E-state index is 0.522. The van der Waals surface area contributed by atoms with Gasteiger partial charge in [0.1, 0.15) is 0 Å². The Balaban J connectivity index is 2.66. The predicted octanol–water partition coefficient (Wildman–Crippen LogP) is 2.80. The van der Waals surface area contributed by atoms with Gasteiger partial charge in [-0.25, -0.2) is 0 Å². The zero-order valence-corrected chi connectivity index (χ0v) is 11.2. The van der Waals surface area contributed by atoms with E-state index in [1.807, 2.05) is 6.08 Å². The number of nitrogens with zero attached hydrogens (tertiary/aromatic N) is 1. The topological polar surface area (TPSA) is 15.3 Å². The first-order chi connectivity index (χ1) is 8.13. The standard InChI is InChI=1S/C15H24N2/c1-5-10-17(4)12-15-9-7-6-8-14(15)11-16-13(2)3/h5-9,13,16H,1,10-12H2,2-4H3. The highest BCUT2D eigenvalue weighted by atomic mass is 15.1. The van der Waals surface area contributed by atoms with Gasteiger partial charge in [-0.2, -0.15) is 0 Å². The van der Waals surface area contributed by atoms with Crippen LogP contribution < -0.4 is 5.32 Å². The Hall–Kier alpha value is -1.12. The van der Waals surface area contributed by atoms with Gasteiger partial charge in [-0.15, -0.1) is 6.58 Å². The van der Waals surface area contributed by atoms with E-state index in [0.717, 1.165) is 19.6 Å². The molecule has 0 aliphatic heterocycles. The molecule has 0 saturated heterocycles. The molecule has 0 radical (unpaired) electrons. The molecule has 0 unspecified atom stereocenters. The lowest BCUT2D eigenvalue weighted by molar-refractivity contribution is 0.361. The Bertz CT molecular complexity index is 345. The van der Waals surface area contributed by atoms with Crippen molar-refractivity contribution in [3.8, 4) is 0 Å². The molecule has 0 aliphatic carbocycles. The smallest absolute Gasteiger partial charge is 0.0237 e. The number of hydrogen-bond donors (Lipinski definition) is 1. The van der Waals surface area contributed by atoms with Gasteiger partial charge in [-0.1, -0.05) is 44.2 Å². The third kappa shape index (κ3) is 5.16. The van der Waals surface area contributed by atoms with E-state index in [9.17, 15) is 0 Å². The normalized spacial score (nSPS) is 11.1. The third-order valence-corrected chi connectivity index (χ3v) is 2.70. The number of benzene rings is 1. The van der Waals surface area contributed by atoms with Crippen molar-refractivity contribution in [1.82, 2.24) is 10.2 Å². The van der Waals surface area contributed by atoms with Crippen molar-refractivity contribution in [3.63, 3.8) is 0 Å². The van der Waals surface area contributed by atoms with Crippen LogP contribution in [0.25, 0.3) is 0 Å². The second-order valence-electron chi connectivity index (χ2n) is 4.79. The SMILES string of the molecule is C=CCN(C)Cc1ccccc1CNC(C)C. The maximum absolute atomic E-state index is 3.77. The largest absolute Gasteiger partial charge is 0.310 e. The van der Waals surface area contributed by atoms with Crippen molar-refractivity contribution < 1.29 is 0 Å². The molecule has 1 aromatic carbocycles. The molecule has 1 aromatic rings. The van der Waals surface area contributed by atoms with Crippen LogP contribution in [0.5, 0.6) is 0 Å². The summed E-state index contributed by atoms with van der Waals surface area (Å²) in [6.45, 7) is 11.0. The molecular weight excluding hydrogens is 208 g/mol. The van der Waals surface area contributed by atoms with Crippen LogP contribution in [0, 0.1) is 0 Å². The van der Waals surface area contributed by atoms with Gasteiger partial charge in [0.25, 0.3) is 0 Å². The fraction of sp³-hybridized carbons (Fsp3) is 0.467. The highest BCUT2D eigenvalue weighted by Crippen LogP contribution is 2.11. The fourth-order valence-corrected chi connectivity index (χ4v) is 1.77. The number of rotatable bonds is 7. The molecule has 0 bridgehead atoms. The molecule has 0 fully saturated rings. The van der Waals surface area contributed by atoms with Gasteiger partial charge >= 0.3 is 0 Å². The van der Waals surface area contributed by atoms with E-state index in [1.54, 1.807) is 0 Å². The molecule has 17 heavy (non-hydrogen) atoms. The van der Waals surface area contributed by atoms with Gasteiger partial charge in [0.15, 0.2) is 0 Å². The van der Waals surface area contributed by atoms with Crippen LogP contribution in [-0.4, -0.2) is 24.5 Å². The molecule has 0 aliphatic rings. The quantitative estimate of drug-likeness (QED) is 0.727. The predicted molar refractivity (Wildman–Crippen MR) is 74.9 cm³/mol. The summed E-state index contributed by atoms with van der Waals surface area (Å²) in [4.78, 5) is 2.27. The van der Waals surface area contributed by atoms with Crippen molar-refractivity contribution in [1.29, 1.82) is 0 Å². The third-order valence-electron chi connectivity index (χ3n) is 2.70. The zero-order chi connectivity index (χ0) is 12.7. The van der Waals surface area contributed by atoms with E-state index in [-0.39, 0.29) is 0 Å². The van der Waals surface area contributed by atoms with E-state index in [0.29, 0.717) is 6.04 Å². The van der Waals surface area contributed by atoms with Gasteiger partial charge in [-0.05, 0) is 18.2 Å². The molecule has 0 heterocycles. The molecule has 0 spiro atoms. The minimum Gasteiger partial charge on any atom is -0.310 e. The molecule has 94 valence electrons. The number of likely N-dealkylation sites (N-methyl/N-ethyl adjacent to an activating group) is 1. The Kier molecular flexibility index (Phi) is 5.95. The van der Waals surface area contributed by atoms with Gasteiger partial charge in [0.05, 0.1) is 0 Å². The maximum atomic E-state index is 3.77. The lowest BCUT2D eigenvalue weighted by Gasteiger charge is -2.18. The van der Waals surface area contributed by atoms with Crippen molar-refractivity contribution in [2.24, 2.45) is 0 Å². The highest BCUT2D eigenvalue weighted by Gasteiger charge is 2.04. The monoisotopic (exact) mass is 232 g/mol. The molecule has 2 heteroatoms.